The summed E-state index contributed by atoms with van der Waals surface area (Å²) in [6.07, 6.45) is 4.64. The summed E-state index contributed by atoms with van der Waals surface area (Å²) in [5.41, 5.74) is 1.54. The first-order chi connectivity index (χ1) is 11.6. The lowest BCUT2D eigenvalue weighted by molar-refractivity contribution is 0.356. The van der Waals surface area contributed by atoms with Crippen molar-refractivity contribution >= 4 is 16.9 Å². The van der Waals surface area contributed by atoms with Crippen LogP contribution in [0.3, 0.4) is 0 Å². The van der Waals surface area contributed by atoms with Crippen LogP contribution in [0.4, 0.5) is 10.2 Å². The fourth-order valence-electron chi connectivity index (χ4n) is 3.69. The number of hydrogen-bond donors (Lipinski definition) is 0. The minimum atomic E-state index is -0.262. The van der Waals surface area contributed by atoms with E-state index < -0.39 is 0 Å². The molecule has 0 aliphatic carbocycles. The van der Waals surface area contributed by atoms with Crippen molar-refractivity contribution in [2.75, 3.05) is 18.0 Å². The predicted molar refractivity (Wildman–Crippen MR) is 91.8 cm³/mol. The van der Waals surface area contributed by atoms with Gasteiger partial charge in [0.25, 0.3) is 0 Å². The molecule has 2 aromatic heterocycles. The zero-order valence-electron chi connectivity index (χ0n) is 13.9. The third kappa shape index (κ3) is 2.62. The van der Waals surface area contributed by atoms with E-state index in [1.165, 1.54) is 18.6 Å². The Kier molecular flexibility index (Phi) is 3.67. The van der Waals surface area contributed by atoms with Crippen LogP contribution in [0.1, 0.15) is 20.3 Å². The van der Waals surface area contributed by atoms with Crippen molar-refractivity contribution in [3.8, 4) is 5.69 Å². The Bertz CT molecular complexity index is 847. The lowest BCUT2D eigenvalue weighted by Gasteiger charge is -2.35. The average Bonchev–Trinajstić information content (AvgIpc) is 2.98. The summed E-state index contributed by atoms with van der Waals surface area (Å²) in [7, 11) is 0. The van der Waals surface area contributed by atoms with Crippen LogP contribution in [0, 0.1) is 17.7 Å². The Hall–Kier alpha value is -2.50. The highest BCUT2D eigenvalue weighted by Crippen LogP contribution is 2.30. The quantitative estimate of drug-likeness (QED) is 0.724. The minimum absolute atomic E-state index is 0.262. The van der Waals surface area contributed by atoms with Gasteiger partial charge in [-0.2, -0.15) is 5.10 Å². The van der Waals surface area contributed by atoms with Crippen molar-refractivity contribution in [3.05, 3.63) is 42.6 Å². The summed E-state index contributed by atoms with van der Waals surface area (Å²) in [5.74, 6) is 1.96. The van der Waals surface area contributed by atoms with E-state index >= 15 is 0 Å². The van der Waals surface area contributed by atoms with E-state index in [0.29, 0.717) is 11.8 Å². The molecule has 1 aliphatic heterocycles. The van der Waals surface area contributed by atoms with Crippen LogP contribution in [-0.2, 0) is 0 Å². The summed E-state index contributed by atoms with van der Waals surface area (Å²) in [6, 6.07) is 6.26. The molecular formula is C18H20FN5. The van der Waals surface area contributed by atoms with Crippen LogP contribution in [0.25, 0.3) is 16.7 Å². The molecule has 0 bridgehead atoms. The number of aromatic nitrogens is 4. The molecular weight excluding hydrogens is 305 g/mol. The molecule has 24 heavy (non-hydrogen) atoms. The van der Waals surface area contributed by atoms with E-state index in [4.69, 9.17) is 0 Å². The normalized spacial score (nSPS) is 21.4. The molecule has 2 atom stereocenters. The molecule has 6 heteroatoms. The summed E-state index contributed by atoms with van der Waals surface area (Å²) < 4.78 is 14.9. The molecule has 3 aromatic rings. The SMILES string of the molecule is CC1CC(C)CN(c2ncnc3c2cnn3-c2ccc(F)cc2)C1. The Balaban J connectivity index is 1.78. The predicted octanol–water partition coefficient (Wildman–Crippen LogP) is 3.44. The van der Waals surface area contributed by atoms with Gasteiger partial charge in [-0.05, 0) is 42.5 Å². The summed E-state index contributed by atoms with van der Waals surface area (Å²) in [4.78, 5) is 11.3. The zero-order valence-corrected chi connectivity index (χ0v) is 13.9. The van der Waals surface area contributed by atoms with Gasteiger partial charge in [-0.3, -0.25) is 0 Å². The number of hydrogen-bond acceptors (Lipinski definition) is 4. The minimum Gasteiger partial charge on any atom is -0.355 e. The van der Waals surface area contributed by atoms with Gasteiger partial charge in [-0.1, -0.05) is 13.8 Å². The Labute approximate surface area is 140 Å². The zero-order chi connectivity index (χ0) is 16.7. The van der Waals surface area contributed by atoms with E-state index in [1.54, 1.807) is 29.3 Å². The van der Waals surface area contributed by atoms with Crippen LogP contribution in [-0.4, -0.2) is 32.8 Å². The Morgan fingerprint density at radius 1 is 1.04 bits per heavy atom. The number of nitrogens with zero attached hydrogens (tertiary/aromatic N) is 5. The lowest BCUT2D eigenvalue weighted by atomic mass is 9.92. The fraction of sp³-hybridized carbons (Fsp3) is 0.389. The van der Waals surface area contributed by atoms with Crippen molar-refractivity contribution in [3.63, 3.8) is 0 Å². The number of rotatable bonds is 2. The maximum atomic E-state index is 13.2. The van der Waals surface area contributed by atoms with Gasteiger partial charge in [0.2, 0.25) is 0 Å². The van der Waals surface area contributed by atoms with Crippen LogP contribution in [0.5, 0.6) is 0 Å². The Morgan fingerprint density at radius 3 is 2.46 bits per heavy atom. The van der Waals surface area contributed by atoms with Crippen LogP contribution in [0.15, 0.2) is 36.8 Å². The molecule has 0 N–H and O–H groups in total. The Morgan fingerprint density at radius 2 is 1.75 bits per heavy atom. The molecule has 0 saturated carbocycles. The van der Waals surface area contributed by atoms with E-state index in [0.717, 1.165) is 35.6 Å². The molecule has 1 saturated heterocycles. The van der Waals surface area contributed by atoms with Gasteiger partial charge in [-0.25, -0.2) is 19.0 Å². The maximum absolute atomic E-state index is 13.2. The summed E-state index contributed by atoms with van der Waals surface area (Å²) in [6.45, 7) is 6.56. The van der Waals surface area contributed by atoms with Crippen molar-refractivity contribution in [2.45, 2.75) is 20.3 Å². The number of piperidine rings is 1. The van der Waals surface area contributed by atoms with Crippen molar-refractivity contribution < 1.29 is 4.39 Å². The lowest BCUT2D eigenvalue weighted by Crippen LogP contribution is -2.39. The highest BCUT2D eigenvalue weighted by Gasteiger charge is 2.25. The van der Waals surface area contributed by atoms with Crippen LogP contribution < -0.4 is 4.90 Å². The molecule has 1 fully saturated rings. The van der Waals surface area contributed by atoms with Gasteiger partial charge < -0.3 is 4.90 Å². The summed E-state index contributed by atoms with van der Waals surface area (Å²) >= 11 is 0. The number of benzene rings is 1. The van der Waals surface area contributed by atoms with E-state index in [9.17, 15) is 4.39 Å². The van der Waals surface area contributed by atoms with Crippen molar-refractivity contribution in [2.24, 2.45) is 11.8 Å². The molecule has 2 unspecified atom stereocenters. The molecule has 4 rings (SSSR count). The number of halogens is 1. The average molecular weight is 325 g/mol. The molecule has 0 radical (unpaired) electrons. The maximum Gasteiger partial charge on any atom is 0.168 e. The standard InChI is InChI=1S/C18H20FN5/c1-12-7-13(2)10-23(9-12)17-16-8-22-24(18(16)21-11-20-17)15-5-3-14(19)4-6-15/h3-6,8,11-13H,7,9-10H2,1-2H3. The summed E-state index contributed by atoms with van der Waals surface area (Å²) in [5, 5.41) is 5.39. The molecule has 1 aromatic carbocycles. The van der Waals surface area contributed by atoms with E-state index in [2.05, 4.69) is 33.8 Å². The second kappa shape index (κ2) is 5.85. The molecule has 124 valence electrons. The number of anilines is 1. The molecule has 5 nitrogen and oxygen atoms in total. The van der Waals surface area contributed by atoms with Gasteiger partial charge in [-0.15, -0.1) is 0 Å². The third-order valence-electron chi connectivity index (χ3n) is 4.58. The van der Waals surface area contributed by atoms with Gasteiger partial charge in [0.1, 0.15) is 18.0 Å². The molecule has 1 aliphatic rings. The van der Waals surface area contributed by atoms with Crippen LogP contribution in [0.2, 0.25) is 0 Å². The smallest absolute Gasteiger partial charge is 0.168 e. The van der Waals surface area contributed by atoms with Crippen molar-refractivity contribution in [1.29, 1.82) is 0 Å². The van der Waals surface area contributed by atoms with Gasteiger partial charge >= 0.3 is 0 Å². The molecule has 0 spiro atoms. The second-order valence-electron chi connectivity index (χ2n) is 6.82. The third-order valence-corrected chi connectivity index (χ3v) is 4.58. The highest BCUT2D eigenvalue weighted by molar-refractivity contribution is 5.87. The van der Waals surface area contributed by atoms with Gasteiger partial charge in [0, 0.05) is 13.1 Å². The monoisotopic (exact) mass is 325 g/mol. The largest absolute Gasteiger partial charge is 0.355 e. The topological polar surface area (TPSA) is 46.8 Å². The van der Waals surface area contributed by atoms with Gasteiger partial charge in [0.05, 0.1) is 17.3 Å². The van der Waals surface area contributed by atoms with Crippen LogP contribution >= 0.6 is 0 Å². The van der Waals surface area contributed by atoms with Crippen molar-refractivity contribution in [1.82, 2.24) is 19.7 Å². The first kappa shape index (κ1) is 15.1. The van der Waals surface area contributed by atoms with E-state index in [1.807, 2.05) is 0 Å². The highest BCUT2D eigenvalue weighted by atomic mass is 19.1. The van der Waals surface area contributed by atoms with Gasteiger partial charge in [0.15, 0.2) is 5.65 Å². The fourth-order valence-corrected chi connectivity index (χ4v) is 3.69. The molecule has 0 amide bonds. The first-order valence-corrected chi connectivity index (χ1v) is 8.31. The van der Waals surface area contributed by atoms with E-state index in [-0.39, 0.29) is 5.82 Å². The first-order valence-electron chi connectivity index (χ1n) is 8.31. The number of fused-ring (bicyclic) bond motifs is 1. The second-order valence-corrected chi connectivity index (χ2v) is 6.82. The molecule has 3 heterocycles.